The molecular weight excluding hydrogens is 427 g/mol. The average molecular weight is 453 g/mol. The van der Waals surface area contributed by atoms with Crippen molar-refractivity contribution in [3.63, 3.8) is 0 Å². The molecule has 0 bridgehead atoms. The van der Waals surface area contributed by atoms with Crippen LogP contribution in [0.4, 0.5) is 11.5 Å². The van der Waals surface area contributed by atoms with Crippen molar-refractivity contribution in [3.05, 3.63) is 60.7 Å². The number of aromatic amines is 1. The molecule has 0 fully saturated rings. The van der Waals surface area contributed by atoms with E-state index in [-0.39, 0.29) is 24.0 Å². The molecule has 0 unspecified atom stereocenters. The van der Waals surface area contributed by atoms with Gasteiger partial charge in [0.15, 0.2) is 5.69 Å². The van der Waals surface area contributed by atoms with Crippen molar-refractivity contribution < 1.29 is 4.79 Å². The highest BCUT2D eigenvalue weighted by Gasteiger charge is 2.23. The van der Waals surface area contributed by atoms with Crippen LogP contribution in [0.15, 0.2) is 33.9 Å². The number of benzene rings is 1. The van der Waals surface area contributed by atoms with Gasteiger partial charge in [-0.2, -0.15) is 0 Å². The second-order valence-electron chi connectivity index (χ2n) is 7.32. The summed E-state index contributed by atoms with van der Waals surface area (Å²) in [5.41, 5.74) is 5.42. The van der Waals surface area contributed by atoms with Crippen LogP contribution in [0.25, 0.3) is 6.08 Å². The second-order valence-corrected chi connectivity index (χ2v) is 8.10. The average Bonchev–Trinajstić information content (AvgIpc) is 2.67. The Morgan fingerprint density at radius 2 is 2.00 bits per heavy atom. The highest BCUT2D eigenvalue weighted by atomic mass is 35.5. The molecule has 0 aliphatic carbocycles. The van der Waals surface area contributed by atoms with Crippen molar-refractivity contribution in [2.45, 2.75) is 40.2 Å². The van der Waals surface area contributed by atoms with Gasteiger partial charge in [0, 0.05) is 19.2 Å². The number of aromatic nitrogens is 2. The van der Waals surface area contributed by atoms with Crippen molar-refractivity contribution in [3.8, 4) is 0 Å². The first-order chi connectivity index (χ1) is 14.2. The molecule has 0 atom stereocenters. The van der Waals surface area contributed by atoms with Crippen LogP contribution in [0.5, 0.6) is 0 Å². The Balaban J connectivity index is 2.51. The third-order valence-corrected chi connectivity index (χ3v) is 5.25. The topological polar surface area (TPSA) is 101 Å². The van der Waals surface area contributed by atoms with E-state index in [1.807, 2.05) is 20.8 Å². The fraction of sp³-hybridized carbons (Fsp3) is 0.381. The van der Waals surface area contributed by atoms with Gasteiger partial charge in [-0.1, -0.05) is 62.5 Å². The summed E-state index contributed by atoms with van der Waals surface area (Å²) in [4.78, 5) is 41.4. The fourth-order valence-electron chi connectivity index (χ4n) is 2.93. The SMILES string of the molecule is CCCCn1c(N)c(N(CC(C)C)C(=O)/C=C/c2cccc(Cl)c2Cl)c(=O)[nH]c1=O. The van der Waals surface area contributed by atoms with Gasteiger partial charge < -0.3 is 10.6 Å². The van der Waals surface area contributed by atoms with Crippen molar-refractivity contribution >= 4 is 46.7 Å². The van der Waals surface area contributed by atoms with E-state index in [4.69, 9.17) is 28.9 Å². The molecule has 30 heavy (non-hydrogen) atoms. The number of halogens is 2. The predicted molar refractivity (Wildman–Crippen MR) is 123 cm³/mol. The van der Waals surface area contributed by atoms with Crippen LogP contribution in [-0.2, 0) is 11.3 Å². The molecule has 0 spiro atoms. The van der Waals surface area contributed by atoms with E-state index in [2.05, 4.69) is 4.98 Å². The molecule has 0 saturated carbocycles. The quantitative estimate of drug-likeness (QED) is 0.592. The van der Waals surface area contributed by atoms with E-state index in [1.54, 1.807) is 18.2 Å². The number of hydrogen-bond acceptors (Lipinski definition) is 4. The van der Waals surface area contributed by atoms with Crippen molar-refractivity contribution in [2.75, 3.05) is 17.2 Å². The lowest BCUT2D eigenvalue weighted by Crippen LogP contribution is -2.42. The van der Waals surface area contributed by atoms with E-state index in [0.717, 1.165) is 6.42 Å². The number of carbonyl (C=O) groups is 1. The van der Waals surface area contributed by atoms with Crippen LogP contribution in [0.3, 0.4) is 0 Å². The molecule has 3 N–H and O–H groups in total. The maximum atomic E-state index is 13.0. The monoisotopic (exact) mass is 452 g/mol. The smallest absolute Gasteiger partial charge is 0.330 e. The Morgan fingerprint density at radius 1 is 1.30 bits per heavy atom. The number of anilines is 2. The van der Waals surface area contributed by atoms with Crippen LogP contribution in [0.2, 0.25) is 10.0 Å². The Morgan fingerprint density at radius 3 is 2.63 bits per heavy atom. The Bertz CT molecular complexity index is 1060. The molecule has 9 heteroatoms. The first-order valence-electron chi connectivity index (χ1n) is 9.73. The third kappa shape index (κ3) is 5.55. The summed E-state index contributed by atoms with van der Waals surface area (Å²) in [6.45, 7) is 6.40. The summed E-state index contributed by atoms with van der Waals surface area (Å²) >= 11 is 12.2. The molecular formula is C21H26Cl2N4O3. The molecule has 2 rings (SSSR count). The third-order valence-electron chi connectivity index (χ3n) is 4.42. The van der Waals surface area contributed by atoms with Gasteiger partial charge in [-0.25, -0.2) is 4.79 Å². The number of amides is 1. The molecule has 0 radical (unpaired) electrons. The number of rotatable bonds is 8. The van der Waals surface area contributed by atoms with Gasteiger partial charge >= 0.3 is 5.69 Å². The number of unbranched alkanes of at least 4 members (excludes halogenated alkanes) is 1. The van der Waals surface area contributed by atoms with Crippen molar-refractivity contribution in [2.24, 2.45) is 5.92 Å². The van der Waals surface area contributed by atoms with Crippen LogP contribution < -0.4 is 21.9 Å². The minimum absolute atomic E-state index is 0.0274. The molecule has 0 aliphatic rings. The molecule has 0 saturated heterocycles. The molecule has 2 aromatic rings. The van der Waals surface area contributed by atoms with Crippen LogP contribution in [0, 0.1) is 5.92 Å². The molecule has 1 amide bonds. The largest absolute Gasteiger partial charge is 0.383 e. The van der Waals surface area contributed by atoms with Gasteiger partial charge in [0.1, 0.15) is 5.82 Å². The zero-order valence-electron chi connectivity index (χ0n) is 17.2. The zero-order chi connectivity index (χ0) is 22.4. The molecule has 162 valence electrons. The lowest BCUT2D eigenvalue weighted by atomic mass is 10.1. The Kier molecular flexibility index (Phi) is 8.32. The Labute approximate surface area is 185 Å². The first kappa shape index (κ1) is 23.8. The van der Waals surface area contributed by atoms with E-state index in [9.17, 15) is 14.4 Å². The fourth-order valence-corrected chi connectivity index (χ4v) is 3.30. The highest BCUT2D eigenvalue weighted by molar-refractivity contribution is 6.42. The summed E-state index contributed by atoms with van der Waals surface area (Å²) in [6.07, 6.45) is 4.39. The second kappa shape index (κ2) is 10.5. The zero-order valence-corrected chi connectivity index (χ0v) is 18.8. The maximum Gasteiger partial charge on any atom is 0.330 e. The van der Waals surface area contributed by atoms with E-state index in [1.165, 1.54) is 21.6 Å². The number of hydrogen-bond donors (Lipinski definition) is 2. The van der Waals surface area contributed by atoms with Crippen molar-refractivity contribution in [1.82, 2.24) is 9.55 Å². The maximum absolute atomic E-state index is 13.0. The molecule has 1 aromatic carbocycles. The highest BCUT2D eigenvalue weighted by Crippen LogP contribution is 2.27. The molecule has 1 heterocycles. The van der Waals surface area contributed by atoms with Gasteiger partial charge in [0.05, 0.1) is 10.0 Å². The number of H-pyrrole nitrogens is 1. The van der Waals surface area contributed by atoms with Crippen LogP contribution in [-0.4, -0.2) is 22.0 Å². The Hall–Kier alpha value is -2.51. The minimum atomic E-state index is -0.701. The van der Waals surface area contributed by atoms with Crippen LogP contribution >= 0.6 is 23.2 Å². The molecule has 7 nitrogen and oxygen atoms in total. The summed E-state index contributed by atoms with van der Waals surface area (Å²) < 4.78 is 1.29. The summed E-state index contributed by atoms with van der Waals surface area (Å²) in [6, 6.07) is 5.08. The lowest BCUT2D eigenvalue weighted by Gasteiger charge is -2.25. The predicted octanol–water partition coefficient (Wildman–Crippen LogP) is 3.93. The first-order valence-corrected chi connectivity index (χ1v) is 10.5. The summed E-state index contributed by atoms with van der Waals surface area (Å²) in [7, 11) is 0. The number of carbonyl (C=O) groups excluding carboxylic acids is 1. The number of nitrogens with one attached hydrogen (secondary N) is 1. The van der Waals surface area contributed by atoms with Gasteiger partial charge in [-0.05, 0) is 30.0 Å². The number of nitrogens with two attached hydrogens (primary N) is 1. The van der Waals surface area contributed by atoms with E-state index >= 15 is 0 Å². The van der Waals surface area contributed by atoms with Gasteiger partial charge in [-0.3, -0.25) is 19.1 Å². The van der Waals surface area contributed by atoms with E-state index in [0.29, 0.717) is 28.6 Å². The van der Waals surface area contributed by atoms with E-state index < -0.39 is 17.2 Å². The number of nitrogen functional groups attached to an aromatic ring is 1. The standard InChI is InChI=1S/C21H26Cl2N4O3/c1-4-5-11-26-19(24)18(20(29)25-21(26)30)27(12-13(2)3)16(28)10-9-14-7-6-8-15(22)17(14)23/h6-10,13H,4-5,11-12,24H2,1-3H3,(H,25,29,30)/b10-9+. The summed E-state index contributed by atoms with van der Waals surface area (Å²) in [5.74, 6) is -0.440. The van der Waals surface area contributed by atoms with Gasteiger partial charge in [0.25, 0.3) is 11.5 Å². The van der Waals surface area contributed by atoms with Crippen molar-refractivity contribution in [1.29, 1.82) is 0 Å². The number of nitrogens with zero attached hydrogens (tertiary/aromatic N) is 2. The van der Waals surface area contributed by atoms with Crippen LogP contribution in [0.1, 0.15) is 39.2 Å². The normalized spacial score (nSPS) is 11.4. The van der Waals surface area contributed by atoms with Gasteiger partial charge in [-0.15, -0.1) is 0 Å². The summed E-state index contributed by atoms with van der Waals surface area (Å²) in [5, 5.41) is 0.693. The minimum Gasteiger partial charge on any atom is -0.383 e. The molecule has 0 aliphatic heterocycles. The lowest BCUT2D eigenvalue weighted by molar-refractivity contribution is -0.114. The van der Waals surface area contributed by atoms with Gasteiger partial charge in [0.2, 0.25) is 0 Å². The molecule has 1 aromatic heterocycles.